The largest absolute Gasteiger partial charge is 0.493 e. The molecule has 5 nitrogen and oxygen atoms in total. The zero-order chi connectivity index (χ0) is 16.0. The summed E-state index contributed by atoms with van der Waals surface area (Å²) in [6.07, 6.45) is 0.881. The minimum absolute atomic E-state index is 0.0458. The Labute approximate surface area is 125 Å². The van der Waals surface area contributed by atoms with Gasteiger partial charge in [0.1, 0.15) is 6.29 Å². The standard InChI is InChI=1S/C16H21NO4/c1-11(2)16(10-17,6-7-18)12-8-13(19-3)15(21-5)14(9-12)20-4/h7-9,11H,6H2,1-5H3. The van der Waals surface area contributed by atoms with E-state index >= 15 is 0 Å². The third-order valence-corrected chi connectivity index (χ3v) is 3.77. The van der Waals surface area contributed by atoms with Gasteiger partial charge in [0.15, 0.2) is 11.5 Å². The van der Waals surface area contributed by atoms with Gasteiger partial charge in [0.05, 0.1) is 32.8 Å². The van der Waals surface area contributed by atoms with Gasteiger partial charge in [-0.1, -0.05) is 13.8 Å². The summed E-state index contributed by atoms with van der Waals surface area (Å²) in [5.74, 6) is 1.36. The maximum absolute atomic E-state index is 11.1. The zero-order valence-corrected chi connectivity index (χ0v) is 13.1. The van der Waals surface area contributed by atoms with Crippen LogP contribution in [0, 0.1) is 17.2 Å². The average Bonchev–Trinajstić information content (AvgIpc) is 2.50. The molecule has 1 unspecified atom stereocenters. The van der Waals surface area contributed by atoms with Crippen molar-refractivity contribution >= 4 is 6.29 Å². The van der Waals surface area contributed by atoms with E-state index in [4.69, 9.17) is 14.2 Å². The fourth-order valence-electron chi connectivity index (χ4n) is 2.40. The van der Waals surface area contributed by atoms with E-state index in [-0.39, 0.29) is 12.3 Å². The van der Waals surface area contributed by atoms with Crippen LogP contribution in [0.5, 0.6) is 17.2 Å². The number of methoxy groups -OCH3 is 3. The predicted octanol–water partition coefficient (Wildman–Crippen LogP) is 2.72. The van der Waals surface area contributed by atoms with Gasteiger partial charge in [0.2, 0.25) is 5.75 Å². The Morgan fingerprint density at radius 2 is 1.71 bits per heavy atom. The van der Waals surface area contributed by atoms with E-state index in [2.05, 4.69) is 6.07 Å². The van der Waals surface area contributed by atoms with Gasteiger partial charge in [-0.15, -0.1) is 0 Å². The third kappa shape index (κ3) is 2.94. The molecular formula is C16H21NO4. The molecular weight excluding hydrogens is 270 g/mol. The molecule has 0 N–H and O–H groups in total. The molecule has 1 aromatic rings. The van der Waals surface area contributed by atoms with Crippen molar-refractivity contribution in [2.75, 3.05) is 21.3 Å². The monoisotopic (exact) mass is 291 g/mol. The van der Waals surface area contributed by atoms with Crippen molar-refractivity contribution in [3.8, 4) is 23.3 Å². The minimum Gasteiger partial charge on any atom is -0.493 e. The van der Waals surface area contributed by atoms with Crippen LogP contribution in [0.2, 0.25) is 0 Å². The zero-order valence-electron chi connectivity index (χ0n) is 13.1. The lowest BCUT2D eigenvalue weighted by atomic mass is 9.70. The Bertz CT molecular complexity index is 523. The van der Waals surface area contributed by atoms with Crippen LogP contribution >= 0.6 is 0 Å². The molecule has 0 bridgehead atoms. The van der Waals surface area contributed by atoms with Crippen LogP contribution in [0.4, 0.5) is 0 Å². The first-order chi connectivity index (χ1) is 10.00. The van der Waals surface area contributed by atoms with Gasteiger partial charge in [-0.25, -0.2) is 0 Å². The van der Waals surface area contributed by atoms with Crippen molar-refractivity contribution in [2.24, 2.45) is 5.92 Å². The topological polar surface area (TPSA) is 68.5 Å². The van der Waals surface area contributed by atoms with Crippen molar-refractivity contribution in [3.63, 3.8) is 0 Å². The Morgan fingerprint density at radius 3 is 2.00 bits per heavy atom. The summed E-state index contributed by atoms with van der Waals surface area (Å²) in [6, 6.07) is 5.75. The molecule has 1 aromatic carbocycles. The molecule has 0 saturated carbocycles. The maximum atomic E-state index is 11.1. The highest BCUT2D eigenvalue weighted by atomic mass is 16.5. The first-order valence-electron chi connectivity index (χ1n) is 6.66. The Kier molecular flexibility index (Phi) is 5.60. The van der Waals surface area contributed by atoms with E-state index in [1.807, 2.05) is 13.8 Å². The smallest absolute Gasteiger partial charge is 0.203 e. The van der Waals surface area contributed by atoms with Crippen LogP contribution < -0.4 is 14.2 Å². The van der Waals surface area contributed by atoms with E-state index in [9.17, 15) is 10.1 Å². The SMILES string of the molecule is COc1cc(C(C#N)(CC=O)C(C)C)cc(OC)c1OC. The van der Waals surface area contributed by atoms with Crippen molar-refractivity contribution < 1.29 is 19.0 Å². The Morgan fingerprint density at radius 1 is 1.19 bits per heavy atom. The first kappa shape index (κ1) is 16.8. The lowest BCUT2D eigenvalue weighted by Gasteiger charge is -2.30. The molecule has 0 aromatic heterocycles. The second kappa shape index (κ2) is 6.98. The number of aldehydes is 1. The average molecular weight is 291 g/mol. The summed E-state index contributed by atoms with van der Waals surface area (Å²) >= 11 is 0. The second-order valence-corrected chi connectivity index (χ2v) is 5.02. The molecule has 0 amide bonds. The van der Waals surface area contributed by atoms with Crippen LogP contribution in [0.25, 0.3) is 0 Å². The molecule has 1 rings (SSSR count). The molecule has 0 heterocycles. The van der Waals surface area contributed by atoms with Gasteiger partial charge in [-0.2, -0.15) is 5.26 Å². The third-order valence-electron chi connectivity index (χ3n) is 3.77. The number of hydrogen-bond donors (Lipinski definition) is 0. The van der Waals surface area contributed by atoms with Crippen molar-refractivity contribution in [1.82, 2.24) is 0 Å². The van der Waals surface area contributed by atoms with Crippen LogP contribution in [-0.4, -0.2) is 27.6 Å². The van der Waals surface area contributed by atoms with E-state index in [0.29, 0.717) is 22.8 Å². The van der Waals surface area contributed by atoms with Crippen LogP contribution in [-0.2, 0) is 10.2 Å². The van der Waals surface area contributed by atoms with Crippen LogP contribution in [0.3, 0.4) is 0 Å². The highest BCUT2D eigenvalue weighted by Gasteiger charge is 2.37. The molecule has 0 aliphatic heterocycles. The number of benzene rings is 1. The molecule has 0 radical (unpaired) electrons. The van der Waals surface area contributed by atoms with E-state index in [1.54, 1.807) is 12.1 Å². The summed E-state index contributed by atoms with van der Waals surface area (Å²) < 4.78 is 15.9. The number of carbonyl (C=O) groups excluding carboxylic acids is 1. The van der Waals surface area contributed by atoms with Gasteiger partial charge in [0.25, 0.3) is 0 Å². The second-order valence-electron chi connectivity index (χ2n) is 5.02. The number of nitriles is 1. The highest BCUT2D eigenvalue weighted by molar-refractivity contribution is 5.61. The highest BCUT2D eigenvalue weighted by Crippen LogP contribution is 2.44. The van der Waals surface area contributed by atoms with Gasteiger partial charge < -0.3 is 19.0 Å². The Balaban J connectivity index is 3.60. The van der Waals surface area contributed by atoms with Crippen molar-refractivity contribution in [2.45, 2.75) is 25.7 Å². The predicted molar refractivity (Wildman–Crippen MR) is 78.9 cm³/mol. The van der Waals surface area contributed by atoms with E-state index < -0.39 is 5.41 Å². The van der Waals surface area contributed by atoms with Gasteiger partial charge in [-0.05, 0) is 23.6 Å². The summed E-state index contributed by atoms with van der Waals surface area (Å²) in [6.45, 7) is 3.83. The van der Waals surface area contributed by atoms with E-state index in [0.717, 1.165) is 6.29 Å². The molecule has 0 saturated heterocycles. The summed E-state index contributed by atoms with van der Waals surface area (Å²) in [4.78, 5) is 11.1. The minimum atomic E-state index is -0.922. The van der Waals surface area contributed by atoms with Gasteiger partial charge >= 0.3 is 0 Å². The summed E-state index contributed by atoms with van der Waals surface area (Å²) in [7, 11) is 4.56. The quantitative estimate of drug-likeness (QED) is 0.722. The normalized spacial score (nSPS) is 13.2. The molecule has 0 aliphatic rings. The maximum Gasteiger partial charge on any atom is 0.203 e. The lowest BCUT2D eigenvalue weighted by Crippen LogP contribution is -2.31. The van der Waals surface area contributed by atoms with Crippen molar-refractivity contribution in [1.29, 1.82) is 5.26 Å². The summed E-state index contributed by atoms with van der Waals surface area (Å²) in [5, 5.41) is 9.66. The molecule has 1 atom stereocenters. The molecule has 0 spiro atoms. The molecule has 0 fully saturated rings. The van der Waals surface area contributed by atoms with Crippen LogP contribution in [0.1, 0.15) is 25.8 Å². The number of ether oxygens (including phenoxy) is 3. The number of nitrogens with zero attached hydrogens (tertiary/aromatic N) is 1. The van der Waals surface area contributed by atoms with E-state index in [1.165, 1.54) is 21.3 Å². The van der Waals surface area contributed by atoms with Crippen LogP contribution in [0.15, 0.2) is 12.1 Å². The number of carbonyl (C=O) groups is 1. The molecule has 114 valence electrons. The lowest BCUT2D eigenvalue weighted by molar-refractivity contribution is -0.108. The van der Waals surface area contributed by atoms with Crippen molar-refractivity contribution in [3.05, 3.63) is 17.7 Å². The van der Waals surface area contributed by atoms with Gasteiger partial charge in [-0.3, -0.25) is 0 Å². The first-order valence-corrected chi connectivity index (χ1v) is 6.66. The Hall–Kier alpha value is -2.22. The fraction of sp³-hybridized carbons (Fsp3) is 0.500. The fourth-order valence-corrected chi connectivity index (χ4v) is 2.40. The summed E-state index contributed by atoms with van der Waals surface area (Å²) in [5.41, 5.74) is -0.240. The van der Waals surface area contributed by atoms with Gasteiger partial charge in [0, 0.05) is 6.42 Å². The molecule has 5 heteroatoms. The number of rotatable bonds is 7. The number of hydrogen-bond acceptors (Lipinski definition) is 5. The molecule has 21 heavy (non-hydrogen) atoms. The molecule has 0 aliphatic carbocycles.